The van der Waals surface area contributed by atoms with Crippen LogP contribution in [0.1, 0.15) is 52.9 Å². The van der Waals surface area contributed by atoms with E-state index in [0.717, 1.165) is 30.8 Å². The van der Waals surface area contributed by atoms with Gasteiger partial charge >= 0.3 is 0 Å². The van der Waals surface area contributed by atoms with E-state index in [4.69, 9.17) is 0 Å². The lowest BCUT2D eigenvalue weighted by molar-refractivity contribution is -0.120. The Hall–Kier alpha value is -1.26. The molecule has 0 aromatic rings. The monoisotopic (exact) mass is 296 g/mol. The minimum Gasteiger partial charge on any atom is -0.355 e. The average Bonchev–Trinajstić information content (AvgIpc) is 2.49. The minimum absolute atomic E-state index is 0.0170. The molecular weight excluding hydrogens is 264 g/mol. The second kappa shape index (κ2) is 9.64. The predicted molar refractivity (Wildman–Crippen MR) is 88.4 cm³/mol. The van der Waals surface area contributed by atoms with Crippen LogP contribution >= 0.6 is 0 Å². The van der Waals surface area contributed by atoms with Crippen LogP contribution in [0.3, 0.4) is 0 Å². The van der Waals surface area contributed by atoms with Crippen LogP contribution in [0, 0.1) is 11.8 Å². The molecule has 1 rings (SSSR count). The van der Waals surface area contributed by atoms with Crippen molar-refractivity contribution in [2.24, 2.45) is 16.8 Å². The summed E-state index contributed by atoms with van der Waals surface area (Å²) in [5.74, 6) is 2.39. The van der Waals surface area contributed by atoms with Crippen molar-refractivity contribution in [3.8, 4) is 0 Å². The third-order valence-electron chi connectivity index (χ3n) is 4.27. The fourth-order valence-corrected chi connectivity index (χ4v) is 2.81. The van der Waals surface area contributed by atoms with Crippen LogP contribution in [0.25, 0.3) is 0 Å². The molecule has 122 valence electrons. The Labute approximate surface area is 129 Å². The molecule has 1 aliphatic rings. The predicted octanol–water partition coefficient (Wildman–Crippen LogP) is 1.89. The van der Waals surface area contributed by atoms with E-state index in [0.29, 0.717) is 6.04 Å². The highest BCUT2D eigenvalue weighted by Crippen LogP contribution is 2.29. The molecule has 21 heavy (non-hydrogen) atoms. The van der Waals surface area contributed by atoms with Gasteiger partial charge in [0.15, 0.2) is 5.96 Å². The van der Waals surface area contributed by atoms with E-state index in [2.05, 4.69) is 34.8 Å². The standard InChI is InChI=1S/C16H32N4O/c1-5-10-18-15(21)11-19-16(17-4)20-14-8-6-13(7-9-14)12(2)3/h12-14H,5-11H2,1-4H3,(H,18,21)(H2,17,19,20). The number of aliphatic imine (C=N–C) groups is 1. The second-order valence-electron chi connectivity index (χ2n) is 6.28. The van der Waals surface area contributed by atoms with Crippen molar-refractivity contribution in [2.45, 2.75) is 58.9 Å². The van der Waals surface area contributed by atoms with E-state index in [1.807, 2.05) is 6.92 Å². The number of hydrogen-bond acceptors (Lipinski definition) is 2. The third kappa shape index (κ3) is 6.82. The Morgan fingerprint density at radius 3 is 2.38 bits per heavy atom. The quantitative estimate of drug-likeness (QED) is 0.518. The number of amides is 1. The van der Waals surface area contributed by atoms with Crippen molar-refractivity contribution < 1.29 is 4.79 Å². The first-order chi connectivity index (χ1) is 10.1. The Kier molecular flexibility index (Phi) is 8.16. The molecule has 0 spiro atoms. The highest BCUT2D eigenvalue weighted by atomic mass is 16.1. The zero-order chi connectivity index (χ0) is 15.7. The van der Waals surface area contributed by atoms with Gasteiger partial charge in [-0.05, 0) is 43.9 Å². The first-order valence-electron chi connectivity index (χ1n) is 8.30. The highest BCUT2D eigenvalue weighted by Gasteiger charge is 2.23. The maximum Gasteiger partial charge on any atom is 0.239 e. The lowest BCUT2D eigenvalue weighted by Gasteiger charge is -2.32. The summed E-state index contributed by atoms with van der Waals surface area (Å²) in [5.41, 5.74) is 0. The zero-order valence-electron chi connectivity index (χ0n) is 14.0. The van der Waals surface area contributed by atoms with E-state index < -0.39 is 0 Å². The first-order valence-corrected chi connectivity index (χ1v) is 8.30. The fourth-order valence-electron chi connectivity index (χ4n) is 2.81. The van der Waals surface area contributed by atoms with Gasteiger partial charge in [0.25, 0.3) is 0 Å². The number of guanidine groups is 1. The maximum absolute atomic E-state index is 11.6. The van der Waals surface area contributed by atoms with Gasteiger partial charge in [-0.2, -0.15) is 0 Å². The molecule has 1 saturated carbocycles. The molecular formula is C16H32N4O. The lowest BCUT2D eigenvalue weighted by Crippen LogP contribution is -2.47. The first kappa shape index (κ1) is 17.8. The molecule has 0 unspecified atom stereocenters. The van der Waals surface area contributed by atoms with Gasteiger partial charge < -0.3 is 16.0 Å². The number of nitrogens with zero attached hydrogens (tertiary/aromatic N) is 1. The fraction of sp³-hybridized carbons (Fsp3) is 0.875. The molecule has 5 nitrogen and oxygen atoms in total. The molecule has 0 bridgehead atoms. The van der Waals surface area contributed by atoms with Crippen molar-refractivity contribution in [1.29, 1.82) is 0 Å². The summed E-state index contributed by atoms with van der Waals surface area (Å²) in [6.45, 7) is 7.68. The van der Waals surface area contributed by atoms with Crippen LogP contribution in [-0.4, -0.2) is 38.0 Å². The lowest BCUT2D eigenvalue weighted by atomic mass is 9.80. The van der Waals surface area contributed by atoms with Crippen LogP contribution in [0.5, 0.6) is 0 Å². The smallest absolute Gasteiger partial charge is 0.239 e. The van der Waals surface area contributed by atoms with Crippen molar-refractivity contribution >= 4 is 11.9 Å². The van der Waals surface area contributed by atoms with Gasteiger partial charge in [-0.15, -0.1) is 0 Å². The Balaban J connectivity index is 2.27. The van der Waals surface area contributed by atoms with E-state index in [9.17, 15) is 4.79 Å². The second-order valence-corrected chi connectivity index (χ2v) is 6.28. The number of rotatable bonds is 6. The summed E-state index contributed by atoms with van der Waals surface area (Å²) in [6, 6.07) is 0.477. The van der Waals surface area contributed by atoms with E-state index in [1.54, 1.807) is 7.05 Å². The third-order valence-corrected chi connectivity index (χ3v) is 4.27. The number of nitrogens with one attached hydrogen (secondary N) is 3. The molecule has 0 radical (unpaired) electrons. The summed E-state index contributed by atoms with van der Waals surface area (Å²) >= 11 is 0. The normalized spacial score (nSPS) is 23.0. The van der Waals surface area contributed by atoms with Crippen molar-refractivity contribution in [3.63, 3.8) is 0 Å². The van der Waals surface area contributed by atoms with Gasteiger partial charge in [0, 0.05) is 19.6 Å². The molecule has 1 aliphatic carbocycles. The van der Waals surface area contributed by atoms with Gasteiger partial charge in [0.1, 0.15) is 0 Å². The summed E-state index contributed by atoms with van der Waals surface area (Å²) in [5, 5.41) is 9.37. The van der Waals surface area contributed by atoms with E-state index >= 15 is 0 Å². The largest absolute Gasteiger partial charge is 0.355 e. The molecule has 0 heterocycles. The zero-order valence-corrected chi connectivity index (χ0v) is 14.0. The van der Waals surface area contributed by atoms with Gasteiger partial charge in [0.2, 0.25) is 5.91 Å². The van der Waals surface area contributed by atoms with Crippen LogP contribution in [0.4, 0.5) is 0 Å². The van der Waals surface area contributed by atoms with Crippen LogP contribution < -0.4 is 16.0 Å². The van der Waals surface area contributed by atoms with Crippen molar-refractivity contribution in [3.05, 3.63) is 0 Å². The molecule has 0 saturated heterocycles. The molecule has 0 aliphatic heterocycles. The Morgan fingerprint density at radius 2 is 1.86 bits per heavy atom. The molecule has 0 aromatic heterocycles. The van der Waals surface area contributed by atoms with Gasteiger partial charge in [-0.25, -0.2) is 0 Å². The summed E-state index contributed by atoms with van der Waals surface area (Å²) in [6.07, 6.45) is 5.89. The summed E-state index contributed by atoms with van der Waals surface area (Å²) < 4.78 is 0. The number of carbonyl (C=O) groups excluding carboxylic acids is 1. The molecule has 5 heteroatoms. The molecule has 0 atom stereocenters. The average molecular weight is 296 g/mol. The van der Waals surface area contributed by atoms with E-state index in [-0.39, 0.29) is 12.5 Å². The van der Waals surface area contributed by atoms with Crippen LogP contribution in [-0.2, 0) is 4.79 Å². The topological polar surface area (TPSA) is 65.5 Å². The van der Waals surface area contributed by atoms with Gasteiger partial charge in [0.05, 0.1) is 6.54 Å². The number of carbonyl (C=O) groups is 1. The number of hydrogen-bond donors (Lipinski definition) is 3. The molecule has 3 N–H and O–H groups in total. The van der Waals surface area contributed by atoms with Crippen molar-refractivity contribution in [1.82, 2.24) is 16.0 Å². The molecule has 1 fully saturated rings. The SMILES string of the molecule is CCCNC(=O)CNC(=NC)NC1CCC(C(C)C)CC1. The van der Waals surface area contributed by atoms with Crippen LogP contribution in [0.2, 0.25) is 0 Å². The van der Waals surface area contributed by atoms with Crippen molar-refractivity contribution in [2.75, 3.05) is 20.1 Å². The summed E-state index contributed by atoms with van der Waals surface area (Å²) in [7, 11) is 1.75. The minimum atomic E-state index is 0.0170. The van der Waals surface area contributed by atoms with E-state index in [1.165, 1.54) is 25.7 Å². The van der Waals surface area contributed by atoms with Gasteiger partial charge in [-0.1, -0.05) is 20.8 Å². The highest BCUT2D eigenvalue weighted by molar-refractivity contribution is 5.86. The molecule has 0 aromatic carbocycles. The Morgan fingerprint density at radius 1 is 1.19 bits per heavy atom. The van der Waals surface area contributed by atoms with Crippen LogP contribution in [0.15, 0.2) is 4.99 Å². The Bertz CT molecular complexity index is 333. The van der Waals surface area contributed by atoms with Gasteiger partial charge in [-0.3, -0.25) is 9.79 Å². The summed E-state index contributed by atoms with van der Waals surface area (Å²) in [4.78, 5) is 15.8. The molecule has 1 amide bonds. The maximum atomic E-state index is 11.6.